The summed E-state index contributed by atoms with van der Waals surface area (Å²) in [7, 11) is 0. The van der Waals surface area contributed by atoms with E-state index >= 15 is 0 Å². The van der Waals surface area contributed by atoms with E-state index in [-0.39, 0.29) is 5.91 Å². The Balaban J connectivity index is 1.57. The molecule has 0 fully saturated rings. The van der Waals surface area contributed by atoms with Gasteiger partial charge in [0.1, 0.15) is 5.01 Å². The van der Waals surface area contributed by atoms with E-state index in [0.717, 1.165) is 21.7 Å². The molecule has 0 atom stereocenters. The Morgan fingerprint density at radius 1 is 1.23 bits per heavy atom. The van der Waals surface area contributed by atoms with Crippen LogP contribution in [0.25, 0.3) is 10.6 Å². The molecule has 1 amide bonds. The zero-order chi connectivity index (χ0) is 14.9. The summed E-state index contributed by atoms with van der Waals surface area (Å²) in [5.74, 6) is -0.171. The van der Waals surface area contributed by atoms with Crippen molar-refractivity contribution < 1.29 is 9.53 Å². The Morgan fingerprint density at radius 3 is 3.05 bits per heavy atom. The number of aromatic nitrogens is 2. The quantitative estimate of drug-likeness (QED) is 0.798. The lowest BCUT2D eigenvalue weighted by Crippen LogP contribution is -2.14. The standard InChI is InChI=1S/C15H11N3O2S2/c19-13(11-3-1-2-9-6-20-7-12(9)11)16-15-18-17-14(22-15)10-4-5-21-8-10/h1-5,8H,6-7H2,(H,16,18,19). The first kappa shape index (κ1) is 13.6. The summed E-state index contributed by atoms with van der Waals surface area (Å²) >= 11 is 2.97. The number of ether oxygens (including phenoxy) is 1. The maximum Gasteiger partial charge on any atom is 0.257 e. The second-order valence-electron chi connectivity index (χ2n) is 4.81. The number of carbonyl (C=O) groups is 1. The highest BCUT2D eigenvalue weighted by atomic mass is 32.1. The number of carbonyl (C=O) groups excluding carboxylic acids is 1. The third-order valence-electron chi connectivity index (χ3n) is 3.44. The highest BCUT2D eigenvalue weighted by molar-refractivity contribution is 7.19. The molecule has 22 heavy (non-hydrogen) atoms. The normalized spacial score (nSPS) is 13.1. The van der Waals surface area contributed by atoms with Crippen LogP contribution in [0.4, 0.5) is 5.13 Å². The number of hydrogen-bond acceptors (Lipinski definition) is 6. The SMILES string of the molecule is O=C(Nc1nnc(-c2ccsc2)s1)c1cccc2c1COC2. The van der Waals surface area contributed by atoms with Crippen molar-refractivity contribution in [1.29, 1.82) is 0 Å². The van der Waals surface area contributed by atoms with E-state index < -0.39 is 0 Å². The summed E-state index contributed by atoms with van der Waals surface area (Å²) < 4.78 is 5.40. The lowest BCUT2D eigenvalue weighted by Gasteiger charge is -2.05. The van der Waals surface area contributed by atoms with Gasteiger partial charge in [0.2, 0.25) is 5.13 Å². The van der Waals surface area contributed by atoms with E-state index in [1.807, 2.05) is 35.0 Å². The van der Waals surface area contributed by atoms with Gasteiger partial charge in [-0.2, -0.15) is 11.3 Å². The van der Waals surface area contributed by atoms with E-state index in [1.165, 1.54) is 11.3 Å². The van der Waals surface area contributed by atoms with Crippen LogP contribution < -0.4 is 5.32 Å². The lowest BCUT2D eigenvalue weighted by molar-refractivity contribution is 0.102. The third-order valence-corrected chi connectivity index (χ3v) is 5.01. The van der Waals surface area contributed by atoms with E-state index in [2.05, 4.69) is 15.5 Å². The fraction of sp³-hybridized carbons (Fsp3) is 0.133. The number of anilines is 1. The minimum absolute atomic E-state index is 0.171. The molecule has 5 nitrogen and oxygen atoms in total. The number of nitrogens with zero attached hydrogens (tertiary/aromatic N) is 2. The lowest BCUT2D eigenvalue weighted by atomic mass is 10.0. The van der Waals surface area contributed by atoms with Crippen molar-refractivity contribution >= 4 is 33.7 Å². The van der Waals surface area contributed by atoms with Crippen LogP contribution in [0.15, 0.2) is 35.0 Å². The number of amides is 1. The maximum atomic E-state index is 12.4. The summed E-state index contributed by atoms with van der Waals surface area (Å²) in [5, 5.41) is 16.3. The molecule has 1 aromatic carbocycles. The molecule has 0 unspecified atom stereocenters. The largest absolute Gasteiger partial charge is 0.372 e. The summed E-state index contributed by atoms with van der Waals surface area (Å²) in [6, 6.07) is 7.65. The molecule has 0 aliphatic carbocycles. The Labute approximate surface area is 134 Å². The zero-order valence-corrected chi connectivity index (χ0v) is 13.0. The van der Waals surface area contributed by atoms with Gasteiger partial charge in [0, 0.05) is 16.5 Å². The Hall–Kier alpha value is -2.09. The van der Waals surface area contributed by atoms with Gasteiger partial charge in [0.15, 0.2) is 0 Å². The number of nitrogens with one attached hydrogen (secondary N) is 1. The number of benzene rings is 1. The number of rotatable bonds is 3. The van der Waals surface area contributed by atoms with Crippen molar-refractivity contribution in [2.75, 3.05) is 5.32 Å². The van der Waals surface area contributed by atoms with Gasteiger partial charge in [-0.15, -0.1) is 10.2 Å². The van der Waals surface area contributed by atoms with Crippen LogP contribution in [0.5, 0.6) is 0 Å². The predicted octanol–water partition coefficient (Wildman–Crippen LogP) is 3.55. The molecule has 0 saturated heterocycles. The van der Waals surface area contributed by atoms with Crippen LogP contribution in [0.2, 0.25) is 0 Å². The first-order chi connectivity index (χ1) is 10.8. The second-order valence-corrected chi connectivity index (χ2v) is 6.57. The molecular weight excluding hydrogens is 318 g/mol. The average molecular weight is 329 g/mol. The molecule has 3 heterocycles. The van der Waals surface area contributed by atoms with Gasteiger partial charge in [-0.3, -0.25) is 10.1 Å². The third kappa shape index (κ3) is 2.43. The van der Waals surface area contributed by atoms with Crippen molar-refractivity contribution in [3.63, 3.8) is 0 Å². The molecule has 0 saturated carbocycles. The van der Waals surface area contributed by atoms with E-state index in [9.17, 15) is 4.79 Å². The van der Waals surface area contributed by atoms with E-state index in [0.29, 0.717) is 23.9 Å². The molecule has 3 aromatic rings. The van der Waals surface area contributed by atoms with Crippen molar-refractivity contribution in [2.24, 2.45) is 0 Å². The van der Waals surface area contributed by atoms with Crippen LogP contribution in [0.1, 0.15) is 21.5 Å². The molecule has 0 bridgehead atoms. The van der Waals surface area contributed by atoms with Crippen molar-refractivity contribution in [3.05, 3.63) is 51.7 Å². The van der Waals surface area contributed by atoms with Crippen molar-refractivity contribution in [3.8, 4) is 10.6 Å². The summed E-state index contributed by atoms with van der Waals surface area (Å²) in [5.41, 5.74) is 3.70. The highest BCUT2D eigenvalue weighted by Gasteiger charge is 2.20. The molecule has 4 rings (SSSR count). The van der Waals surface area contributed by atoms with Crippen molar-refractivity contribution in [1.82, 2.24) is 10.2 Å². The number of thiophene rings is 1. The molecule has 0 radical (unpaired) electrons. The summed E-state index contributed by atoms with van der Waals surface area (Å²) in [6.07, 6.45) is 0. The molecule has 110 valence electrons. The number of hydrogen-bond donors (Lipinski definition) is 1. The molecule has 2 aromatic heterocycles. The minimum Gasteiger partial charge on any atom is -0.372 e. The molecule has 1 N–H and O–H groups in total. The highest BCUT2D eigenvalue weighted by Crippen LogP contribution is 2.29. The summed E-state index contributed by atoms with van der Waals surface area (Å²) in [4.78, 5) is 12.4. The molecule has 0 spiro atoms. The molecule has 7 heteroatoms. The molecular formula is C15H11N3O2S2. The zero-order valence-electron chi connectivity index (χ0n) is 11.4. The minimum atomic E-state index is -0.171. The Kier molecular flexibility index (Phi) is 3.45. The van der Waals surface area contributed by atoms with Crippen LogP contribution in [0.3, 0.4) is 0 Å². The smallest absolute Gasteiger partial charge is 0.257 e. The molecule has 1 aliphatic heterocycles. The van der Waals surface area contributed by atoms with Gasteiger partial charge < -0.3 is 4.74 Å². The first-order valence-corrected chi connectivity index (χ1v) is 8.43. The van der Waals surface area contributed by atoms with Crippen LogP contribution in [-0.2, 0) is 18.0 Å². The van der Waals surface area contributed by atoms with Gasteiger partial charge in [-0.25, -0.2) is 0 Å². The maximum absolute atomic E-state index is 12.4. The van der Waals surface area contributed by atoms with Crippen LogP contribution in [-0.4, -0.2) is 16.1 Å². The monoisotopic (exact) mass is 329 g/mol. The van der Waals surface area contributed by atoms with Crippen LogP contribution >= 0.6 is 22.7 Å². The van der Waals surface area contributed by atoms with Crippen molar-refractivity contribution in [2.45, 2.75) is 13.2 Å². The Bertz CT molecular complexity index is 827. The van der Waals surface area contributed by atoms with Gasteiger partial charge >= 0.3 is 0 Å². The summed E-state index contributed by atoms with van der Waals surface area (Å²) in [6.45, 7) is 1.05. The fourth-order valence-corrected chi connectivity index (χ4v) is 3.81. The fourth-order valence-electron chi connectivity index (χ4n) is 2.36. The van der Waals surface area contributed by atoms with E-state index in [1.54, 1.807) is 11.3 Å². The average Bonchev–Trinajstić information content (AvgIpc) is 3.27. The van der Waals surface area contributed by atoms with Gasteiger partial charge in [-0.05, 0) is 28.6 Å². The topological polar surface area (TPSA) is 64.1 Å². The van der Waals surface area contributed by atoms with Gasteiger partial charge in [-0.1, -0.05) is 23.5 Å². The first-order valence-electron chi connectivity index (χ1n) is 6.67. The van der Waals surface area contributed by atoms with Gasteiger partial charge in [0.05, 0.1) is 13.2 Å². The number of fused-ring (bicyclic) bond motifs is 1. The Morgan fingerprint density at radius 2 is 2.18 bits per heavy atom. The predicted molar refractivity (Wildman–Crippen MR) is 86.1 cm³/mol. The van der Waals surface area contributed by atoms with Crippen LogP contribution in [0, 0.1) is 0 Å². The van der Waals surface area contributed by atoms with Gasteiger partial charge in [0.25, 0.3) is 5.91 Å². The molecule has 1 aliphatic rings. The van der Waals surface area contributed by atoms with E-state index in [4.69, 9.17) is 4.74 Å². The second kappa shape index (κ2) is 5.60.